The third-order valence-corrected chi connectivity index (χ3v) is 10.1. The average molecular weight is 738 g/mol. The van der Waals surface area contributed by atoms with Gasteiger partial charge in [0, 0.05) is 73.5 Å². The van der Waals surface area contributed by atoms with Gasteiger partial charge in [-0.3, -0.25) is 24.1 Å². The predicted molar refractivity (Wildman–Crippen MR) is 204 cm³/mol. The van der Waals surface area contributed by atoms with Gasteiger partial charge in [0.25, 0.3) is 11.8 Å². The van der Waals surface area contributed by atoms with Crippen LogP contribution in [0.15, 0.2) is 110 Å². The number of amides is 2. The quantitative estimate of drug-likeness (QED) is 0.190. The Morgan fingerprint density at radius 1 is 0.923 bits per heavy atom. The van der Waals surface area contributed by atoms with Crippen LogP contribution in [0.25, 0.3) is 16.8 Å². The van der Waals surface area contributed by atoms with Crippen molar-refractivity contribution in [1.29, 1.82) is 0 Å². The summed E-state index contributed by atoms with van der Waals surface area (Å²) in [7, 11) is 1.79. The minimum atomic E-state index is -0.295. The fourth-order valence-corrected chi connectivity index (χ4v) is 7.47. The SMILES string of the molecule is Cl.Cn1cc(N(C(=O)c2cc(-c3cc(Cl)ccc3C(=O)N3Cc4ccccc4C[C@H]3CN3CCOCC3)n3ccccc23)c2ccc(O)cc2)cn1. The maximum atomic E-state index is 14.9. The monoisotopic (exact) mass is 736 g/mol. The summed E-state index contributed by atoms with van der Waals surface area (Å²) in [5.41, 5.74) is 6.45. The summed E-state index contributed by atoms with van der Waals surface area (Å²) in [4.78, 5) is 35.5. The van der Waals surface area contributed by atoms with E-state index in [2.05, 4.69) is 28.2 Å². The molecule has 0 unspecified atom stereocenters. The first kappa shape index (κ1) is 35.3. The van der Waals surface area contributed by atoms with Crippen LogP contribution in [0.3, 0.4) is 0 Å². The Balaban J connectivity index is 0.00000420. The van der Waals surface area contributed by atoms with Crippen LogP contribution >= 0.6 is 24.0 Å². The fraction of sp³-hybridized carbons (Fsp3) is 0.225. The summed E-state index contributed by atoms with van der Waals surface area (Å²) < 4.78 is 9.18. The molecule has 5 heterocycles. The van der Waals surface area contributed by atoms with E-state index >= 15 is 0 Å². The summed E-state index contributed by atoms with van der Waals surface area (Å²) in [5.74, 6) is -0.289. The molecule has 12 heteroatoms. The minimum Gasteiger partial charge on any atom is -0.508 e. The molecule has 6 aromatic rings. The lowest BCUT2D eigenvalue weighted by atomic mass is 9.92. The van der Waals surface area contributed by atoms with Crippen LogP contribution in [-0.2, 0) is 24.8 Å². The van der Waals surface area contributed by atoms with Crippen LogP contribution in [0.4, 0.5) is 11.4 Å². The molecule has 1 fully saturated rings. The molecule has 3 aromatic heterocycles. The first-order valence-electron chi connectivity index (χ1n) is 17.0. The van der Waals surface area contributed by atoms with Crippen molar-refractivity contribution in [2.45, 2.75) is 19.0 Å². The van der Waals surface area contributed by atoms with E-state index in [1.54, 1.807) is 65.4 Å². The number of rotatable bonds is 7. The van der Waals surface area contributed by atoms with E-state index in [0.29, 0.717) is 64.1 Å². The highest BCUT2D eigenvalue weighted by atomic mass is 35.5. The Morgan fingerprint density at radius 2 is 1.67 bits per heavy atom. The van der Waals surface area contributed by atoms with Gasteiger partial charge < -0.3 is 19.1 Å². The number of nitrogens with zero attached hydrogens (tertiary/aromatic N) is 6. The van der Waals surface area contributed by atoms with Crippen LogP contribution in [0.1, 0.15) is 31.8 Å². The Kier molecular flexibility index (Phi) is 10.1. The number of phenolic OH excluding ortho intramolecular Hbond substituents is 1. The molecule has 266 valence electrons. The highest BCUT2D eigenvalue weighted by molar-refractivity contribution is 6.31. The van der Waals surface area contributed by atoms with Crippen molar-refractivity contribution in [2.75, 3.05) is 37.7 Å². The molecule has 8 rings (SSSR count). The molecular formula is C40H38Cl2N6O4. The zero-order valence-electron chi connectivity index (χ0n) is 28.6. The lowest BCUT2D eigenvalue weighted by Gasteiger charge is -2.40. The zero-order chi connectivity index (χ0) is 35.1. The molecule has 0 bridgehead atoms. The van der Waals surface area contributed by atoms with E-state index in [0.717, 1.165) is 31.6 Å². The lowest BCUT2D eigenvalue weighted by molar-refractivity contribution is 0.0193. The van der Waals surface area contributed by atoms with Gasteiger partial charge >= 0.3 is 0 Å². The van der Waals surface area contributed by atoms with E-state index in [1.807, 2.05) is 51.9 Å². The van der Waals surface area contributed by atoms with E-state index < -0.39 is 0 Å². The number of phenols is 1. The number of anilines is 2. The number of hydrogen-bond donors (Lipinski definition) is 1. The number of morpholine rings is 1. The standard InChI is InChI=1S/C40H37ClN6O4.ClH/c1-43-25-32(23-42-43)47(30-10-12-33(48)13-11-30)40(50)36-22-38(45-15-5-4-8-37(36)45)35-21-29(41)9-14-34(35)39(49)46-24-28-7-3-2-6-27(28)20-31(46)26-44-16-18-51-19-17-44;/h2-15,21-23,25,31,48H,16-20,24,26H2,1H3;1H/t31-;/m0./s1. The summed E-state index contributed by atoms with van der Waals surface area (Å²) in [5, 5.41) is 14.8. The lowest BCUT2D eigenvalue weighted by Crippen LogP contribution is -2.52. The van der Waals surface area contributed by atoms with Crippen molar-refractivity contribution in [2.24, 2.45) is 7.05 Å². The summed E-state index contributed by atoms with van der Waals surface area (Å²) in [6, 6.07) is 27.7. The van der Waals surface area contributed by atoms with E-state index in [4.69, 9.17) is 16.3 Å². The third kappa shape index (κ3) is 6.78. The number of pyridine rings is 1. The van der Waals surface area contributed by atoms with Crippen molar-refractivity contribution < 1.29 is 19.4 Å². The summed E-state index contributed by atoms with van der Waals surface area (Å²) >= 11 is 6.67. The number of aromatic nitrogens is 3. The summed E-state index contributed by atoms with van der Waals surface area (Å²) in [6.07, 6.45) is 6.05. The molecule has 2 aliphatic rings. The first-order chi connectivity index (χ1) is 24.8. The van der Waals surface area contributed by atoms with Gasteiger partial charge in [0.05, 0.1) is 41.9 Å². The predicted octanol–water partition coefficient (Wildman–Crippen LogP) is 7.00. The zero-order valence-corrected chi connectivity index (χ0v) is 30.1. The Hall–Kier alpha value is -5.13. The Bertz CT molecular complexity index is 2240. The number of aromatic hydroxyl groups is 1. The third-order valence-electron chi connectivity index (χ3n) is 9.84. The molecule has 0 saturated carbocycles. The number of hydrogen-bond acceptors (Lipinski definition) is 6. The molecule has 10 nitrogen and oxygen atoms in total. The normalized spacial score (nSPS) is 16.0. The highest BCUT2D eigenvalue weighted by Gasteiger charge is 2.34. The molecule has 1 saturated heterocycles. The van der Waals surface area contributed by atoms with Gasteiger partial charge in [-0.15, -0.1) is 12.4 Å². The van der Waals surface area contributed by atoms with Crippen LogP contribution in [0, 0.1) is 0 Å². The molecule has 0 aliphatic carbocycles. The van der Waals surface area contributed by atoms with Crippen molar-refractivity contribution >= 4 is 52.7 Å². The van der Waals surface area contributed by atoms with Gasteiger partial charge in [-0.2, -0.15) is 5.10 Å². The van der Waals surface area contributed by atoms with Crippen LogP contribution in [-0.4, -0.2) is 79.8 Å². The second-order valence-electron chi connectivity index (χ2n) is 13.1. The van der Waals surface area contributed by atoms with Gasteiger partial charge in [-0.05, 0) is 78.2 Å². The second-order valence-corrected chi connectivity index (χ2v) is 13.5. The Labute approximate surface area is 312 Å². The van der Waals surface area contributed by atoms with E-state index in [9.17, 15) is 14.7 Å². The smallest absolute Gasteiger partial charge is 0.265 e. The van der Waals surface area contributed by atoms with Crippen molar-refractivity contribution in [1.82, 2.24) is 24.0 Å². The fourth-order valence-electron chi connectivity index (χ4n) is 7.30. The molecule has 1 atom stereocenters. The first-order valence-corrected chi connectivity index (χ1v) is 17.4. The van der Waals surface area contributed by atoms with Crippen LogP contribution in [0.5, 0.6) is 5.75 Å². The van der Waals surface area contributed by atoms with Crippen molar-refractivity contribution in [3.63, 3.8) is 0 Å². The second kappa shape index (κ2) is 14.8. The van der Waals surface area contributed by atoms with Crippen LogP contribution in [0.2, 0.25) is 5.02 Å². The molecule has 2 aliphatic heterocycles. The number of carbonyl (C=O) groups is 2. The number of ether oxygens (including phenoxy) is 1. The molecule has 2 amide bonds. The average Bonchev–Trinajstić information content (AvgIpc) is 3.76. The molecule has 1 N–H and O–H groups in total. The molecule has 3 aromatic carbocycles. The van der Waals surface area contributed by atoms with Gasteiger partial charge in [-0.1, -0.05) is 41.9 Å². The minimum absolute atomic E-state index is 0. The number of fused-ring (bicyclic) bond motifs is 2. The largest absolute Gasteiger partial charge is 0.508 e. The maximum Gasteiger partial charge on any atom is 0.265 e. The van der Waals surface area contributed by atoms with Gasteiger partial charge in [0.1, 0.15) is 5.75 Å². The van der Waals surface area contributed by atoms with E-state index in [1.165, 1.54) is 5.56 Å². The van der Waals surface area contributed by atoms with Crippen molar-refractivity contribution in [3.8, 4) is 17.0 Å². The Morgan fingerprint density at radius 3 is 2.42 bits per heavy atom. The van der Waals surface area contributed by atoms with Crippen LogP contribution < -0.4 is 4.90 Å². The number of halogens is 2. The molecular weight excluding hydrogens is 699 g/mol. The topological polar surface area (TPSA) is 95.6 Å². The maximum absolute atomic E-state index is 14.9. The molecule has 52 heavy (non-hydrogen) atoms. The molecule has 0 spiro atoms. The van der Waals surface area contributed by atoms with E-state index in [-0.39, 0.29) is 36.0 Å². The summed E-state index contributed by atoms with van der Waals surface area (Å²) in [6.45, 7) is 4.29. The number of aryl methyl sites for hydroxylation is 1. The molecule has 0 radical (unpaired) electrons. The highest BCUT2D eigenvalue weighted by Crippen LogP contribution is 2.36. The number of carbonyl (C=O) groups excluding carboxylic acids is 2. The van der Waals surface area contributed by atoms with Gasteiger partial charge in [0.15, 0.2) is 0 Å². The van der Waals surface area contributed by atoms with Crippen molar-refractivity contribution in [3.05, 3.63) is 137 Å². The van der Waals surface area contributed by atoms with Gasteiger partial charge in [0.2, 0.25) is 0 Å². The van der Waals surface area contributed by atoms with Gasteiger partial charge in [-0.25, -0.2) is 0 Å². The number of benzene rings is 3.